The summed E-state index contributed by atoms with van der Waals surface area (Å²) in [5.41, 5.74) is 0.746. The van der Waals surface area contributed by atoms with E-state index in [4.69, 9.17) is 16.9 Å². The van der Waals surface area contributed by atoms with E-state index < -0.39 is 6.10 Å². The lowest BCUT2D eigenvalue weighted by atomic mass is 10.1. The van der Waals surface area contributed by atoms with Crippen LogP contribution in [0.1, 0.15) is 11.7 Å². The van der Waals surface area contributed by atoms with Crippen molar-refractivity contribution in [3.05, 3.63) is 34.9 Å². The summed E-state index contributed by atoms with van der Waals surface area (Å²) in [6.07, 6.45) is 2.89. The second kappa shape index (κ2) is 7.17. The molecule has 17 heavy (non-hydrogen) atoms. The predicted octanol–water partition coefficient (Wildman–Crippen LogP) is 2.16. The maximum absolute atomic E-state index is 9.85. The lowest BCUT2D eigenvalue weighted by Gasteiger charge is -2.08. The number of benzene rings is 1. The van der Waals surface area contributed by atoms with Crippen LogP contribution in [0.15, 0.2) is 29.3 Å². The van der Waals surface area contributed by atoms with Crippen molar-refractivity contribution in [2.45, 2.75) is 6.10 Å². The largest absolute Gasteiger partial charge is 0.386 e. The van der Waals surface area contributed by atoms with E-state index in [1.165, 1.54) is 11.8 Å². The van der Waals surface area contributed by atoms with Gasteiger partial charge in [0.1, 0.15) is 0 Å². The molecule has 1 atom stereocenters. The third kappa shape index (κ3) is 4.65. The molecule has 0 aliphatic rings. The molecular weight excluding hydrogens is 258 g/mol. The maximum Gasteiger partial charge on any atom is 0.183 e. The molecule has 90 valence electrons. The van der Waals surface area contributed by atoms with E-state index in [2.05, 4.69) is 10.3 Å². The molecule has 0 spiro atoms. The van der Waals surface area contributed by atoms with E-state index in [9.17, 15) is 5.11 Å². The third-order valence-electron chi connectivity index (χ3n) is 2.02. The Kier molecular flexibility index (Phi) is 5.84. The van der Waals surface area contributed by atoms with Crippen LogP contribution in [0.3, 0.4) is 0 Å². The van der Waals surface area contributed by atoms with Gasteiger partial charge in [-0.1, -0.05) is 35.5 Å². The van der Waals surface area contributed by atoms with Crippen molar-refractivity contribution < 1.29 is 5.11 Å². The molecule has 6 heteroatoms. The maximum atomic E-state index is 9.85. The van der Waals surface area contributed by atoms with Crippen LogP contribution in [0.4, 0.5) is 0 Å². The average Bonchev–Trinajstić information content (AvgIpc) is 2.35. The zero-order valence-electron chi connectivity index (χ0n) is 9.22. The summed E-state index contributed by atoms with van der Waals surface area (Å²) in [5.74, 6) is 0. The van der Waals surface area contributed by atoms with Crippen molar-refractivity contribution in [1.82, 2.24) is 5.32 Å². The summed E-state index contributed by atoms with van der Waals surface area (Å²) in [6, 6.07) is 6.93. The van der Waals surface area contributed by atoms with E-state index in [1.807, 2.05) is 0 Å². The molecule has 0 saturated carbocycles. The minimum absolute atomic E-state index is 0.201. The molecule has 0 aliphatic heterocycles. The number of hydrogen-bond donors (Lipinski definition) is 2. The fourth-order valence-corrected chi connectivity index (χ4v) is 1.64. The summed E-state index contributed by atoms with van der Waals surface area (Å²) < 4.78 is 0. The number of aliphatic hydroxyl groups excluding tert-OH is 1. The second-order valence-electron chi connectivity index (χ2n) is 3.15. The highest BCUT2D eigenvalue weighted by Gasteiger charge is 2.07. The third-order valence-corrected chi connectivity index (χ3v) is 2.89. The SMILES string of the molecule is CSC(=NCC(O)c1ccc(Cl)cc1)NC#N. The Morgan fingerprint density at radius 2 is 2.24 bits per heavy atom. The van der Waals surface area contributed by atoms with Gasteiger partial charge in [-0.15, -0.1) is 0 Å². The molecule has 0 heterocycles. The molecule has 1 aromatic carbocycles. The molecule has 0 amide bonds. The normalized spacial score (nSPS) is 12.9. The number of aliphatic hydroxyl groups is 1. The van der Waals surface area contributed by atoms with Crippen molar-refractivity contribution in [3.8, 4) is 6.19 Å². The van der Waals surface area contributed by atoms with Crippen LogP contribution in [0.5, 0.6) is 0 Å². The van der Waals surface area contributed by atoms with Crippen molar-refractivity contribution >= 4 is 28.5 Å². The minimum atomic E-state index is -0.699. The highest BCUT2D eigenvalue weighted by atomic mass is 35.5. The molecule has 0 fully saturated rings. The van der Waals surface area contributed by atoms with Crippen LogP contribution in [0.2, 0.25) is 5.02 Å². The molecule has 0 aliphatic carbocycles. The Labute approximate surface area is 109 Å². The van der Waals surface area contributed by atoms with E-state index in [-0.39, 0.29) is 6.54 Å². The summed E-state index contributed by atoms with van der Waals surface area (Å²) in [7, 11) is 0. The zero-order valence-corrected chi connectivity index (χ0v) is 10.8. The van der Waals surface area contributed by atoms with E-state index in [0.717, 1.165) is 5.56 Å². The topological polar surface area (TPSA) is 68.4 Å². The number of nitrogens with zero attached hydrogens (tertiary/aromatic N) is 2. The molecule has 1 aromatic rings. The van der Waals surface area contributed by atoms with Gasteiger partial charge in [-0.05, 0) is 24.0 Å². The van der Waals surface area contributed by atoms with Gasteiger partial charge >= 0.3 is 0 Å². The molecule has 2 N–H and O–H groups in total. The van der Waals surface area contributed by atoms with Crippen LogP contribution >= 0.6 is 23.4 Å². The van der Waals surface area contributed by atoms with Gasteiger partial charge in [-0.2, -0.15) is 5.26 Å². The zero-order chi connectivity index (χ0) is 12.7. The smallest absolute Gasteiger partial charge is 0.183 e. The predicted molar refractivity (Wildman–Crippen MR) is 71.0 cm³/mol. The summed E-state index contributed by atoms with van der Waals surface area (Å²) >= 11 is 7.07. The Hall–Kier alpha value is -1.22. The minimum Gasteiger partial charge on any atom is -0.386 e. The highest BCUT2D eigenvalue weighted by Crippen LogP contribution is 2.16. The van der Waals surface area contributed by atoms with Gasteiger partial charge in [0.05, 0.1) is 12.6 Å². The van der Waals surface area contributed by atoms with E-state index >= 15 is 0 Å². The first-order valence-electron chi connectivity index (χ1n) is 4.84. The summed E-state index contributed by atoms with van der Waals surface area (Å²) in [4.78, 5) is 4.09. The van der Waals surface area contributed by atoms with Gasteiger partial charge < -0.3 is 5.11 Å². The van der Waals surface area contributed by atoms with Crippen molar-refractivity contribution in [2.75, 3.05) is 12.8 Å². The van der Waals surface area contributed by atoms with Crippen LogP contribution < -0.4 is 5.32 Å². The van der Waals surface area contributed by atoms with Crippen molar-refractivity contribution in [1.29, 1.82) is 5.26 Å². The van der Waals surface area contributed by atoms with E-state index in [1.54, 1.807) is 36.7 Å². The molecular formula is C11H12ClN3OS. The van der Waals surface area contributed by atoms with Gasteiger partial charge in [0.15, 0.2) is 11.4 Å². The highest BCUT2D eigenvalue weighted by molar-refractivity contribution is 8.13. The standard InChI is InChI=1S/C11H12ClN3OS/c1-17-11(15-7-13)14-6-10(16)8-2-4-9(12)5-3-8/h2-5,10,16H,6H2,1H3,(H,14,15). The number of rotatable bonds is 3. The lowest BCUT2D eigenvalue weighted by molar-refractivity contribution is 0.187. The first-order chi connectivity index (χ1) is 8.17. The number of hydrogen-bond acceptors (Lipinski definition) is 4. The van der Waals surface area contributed by atoms with E-state index in [0.29, 0.717) is 10.2 Å². The van der Waals surface area contributed by atoms with Gasteiger partial charge in [0.2, 0.25) is 0 Å². The van der Waals surface area contributed by atoms with Crippen LogP contribution in [-0.2, 0) is 0 Å². The van der Waals surface area contributed by atoms with Gasteiger partial charge in [0.25, 0.3) is 0 Å². The van der Waals surface area contributed by atoms with Gasteiger partial charge in [0, 0.05) is 5.02 Å². The van der Waals surface area contributed by atoms with Gasteiger partial charge in [-0.3, -0.25) is 10.3 Å². The Morgan fingerprint density at radius 3 is 2.76 bits per heavy atom. The van der Waals surface area contributed by atoms with Crippen LogP contribution in [0, 0.1) is 11.5 Å². The first-order valence-corrected chi connectivity index (χ1v) is 6.44. The fraction of sp³-hybridized carbons (Fsp3) is 0.273. The van der Waals surface area contributed by atoms with Crippen LogP contribution in [-0.4, -0.2) is 23.1 Å². The van der Waals surface area contributed by atoms with Crippen molar-refractivity contribution in [3.63, 3.8) is 0 Å². The van der Waals surface area contributed by atoms with Crippen molar-refractivity contribution in [2.24, 2.45) is 4.99 Å². The molecule has 1 rings (SSSR count). The number of thioether (sulfide) groups is 1. The lowest BCUT2D eigenvalue weighted by Crippen LogP contribution is -2.15. The number of nitrogens with one attached hydrogen (secondary N) is 1. The quantitative estimate of drug-likeness (QED) is 0.382. The molecule has 1 unspecified atom stereocenters. The Morgan fingerprint density at radius 1 is 1.59 bits per heavy atom. The molecule has 0 saturated heterocycles. The first kappa shape index (κ1) is 13.8. The monoisotopic (exact) mass is 269 g/mol. The Bertz CT molecular complexity index is 427. The number of halogens is 1. The molecule has 4 nitrogen and oxygen atoms in total. The number of aliphatic imine (C=N–C) groups is 1. The second-order valence-corrected chi connectivity index (χ2v) is 4.39. The molecule has 0 bridgehead atoms. The summed E-state index contributed by atoms with van der Waals surface area (Å²) in [6.45, 7) is 0.201. The average molecular weight is 270 g/mol. The van der Waals surface area contributed by atoms with Gasteiger partial charge in [-0.25, -0.2) is 0 Å². The Balaban J connectivity index is 2.63. The molecule has 0 radical (unpaired) electrons. The fourth-order valence-electron chi connectivity index (χ4n) is 1.16. The molecule has 0 aromatic heterocycles. The number of nitriles is 1. The summed E-state index contributed by atoms with van der Waals surface area (Å²) in [5, 5.41) is 21.8. The van der Waals surface area contributed by atoms with Crippen LogP contribution in [0.25, 0.3) is 0 Å². The number of amidine groups is 1.